The minimum absolute atomic E-state index is 0.0804. The Morgan fingerprint density at radius 2 is 1.66 bits per heavy atom. The average Bonchev–Trinajstić information content (AvgIpc) is 2.75. The molecule has 1 N–H and O–H groups in total. The van der Waals surface area contributed by atoms with Gasteiger partial charge >= 0.3 is 6.03 Å². The lowest BCUT2D eigenvalue weighted by Gasteiger charge is -2.27. The lowest BCUT2D eigenvalue weighted by molar-refractivity contribution is -0.122. The van der Waals surface area contributed by atoms with Gasteiger partial charge in [-0.2, -0.15) is 0 Å². The number of hydrogen-bond donors (Lipinski definition) is 1. The summed E-state index contributed by atoms with van der Waals surface area (Å²) in [5.41, 5.74) is 5.15. The first-order valence-corrected chi connectivity index (χ1v) is 10.9. The van der Waals surface area contributed by atoms with Crippen LogP contribution in [0.25, 0.3) is 6.08 Å². The van der Waals surface area contributed by atoms with E-state index in [2.05, 4.69) is 27.3 Å². The molecule has 4 amide bonds. The second kappa shape index (κ2) is 8.93. The van der Waals surface area contributed by atoms with E-state index in [1.54, 1.807) is 6.07 Å². The van der Waals surface area contributed by atoms with Gasteiger partial charge in [0.25, 0.3) is 11.8 Å². The molecule has 6 heteroatoms. The van der Waals surface area contributed by atoms with Crippen LogP contribution in [0.1, 0.15) is 27.8 Å². The van der Waals surface area contributed by atoms with Gasteiger partial charge in [-0.25, -0.2) is 9.69 Å². The number of carbonyl (C=O) groups is 3. The summed E-state index contributed by atoms with van der Waals surface area (Å²) < 4.78 is 1.05. The number of barbiturate groups is 1. The summed E-state index contributed by atoms with van der Waals surface area (Å²) in [7, 11) is 0. The summed E-state index contributed by atoms with van der Waals surface area (Å²) in [6.45, 7) is 3.76. The predicted octanol–water partition coefficient (Wildman–Crippen LogP) is 5.32. The fourth-order valence-corrected chi connectivity index (χ4v) is 4.12. The summed E-state index contributed by atoms with van der Waals surface area (Å²) in [6, 6.07) is 20.4. The molecule has 0 spiro atoms. The number of benzene rings is 3. The lowest BCUT2D eigenvalue weighted by atomic mass is 10.0. The number of hydrogen-bond acceptors (Lipinski definition) is 3. The molecular formula is C26H21BrN2O3. The number of anilines is 1. The number of nitrogens with zero attached hydrogens (tertiary/aromatic N) is 1. The van der Waals surface area contributed by atoms with Crippen LogP contribution in [0.15, 0.2) is 76.8 Å². The Balaban J connectivity index is 1.61. The summed E-state index contributed by atoms with van der Waals surface area (Å²) in [5.74, 6) is -1.33. The zero-order valence-corrected chi connectivity index (χ0v) is 19.3. The third kappa shape index (κ3) is 4.41. The molecule has 0 unspecified atom stereocenters. The molecule has 3 aromatic carbocycles. The highest BCUT2D eigenvalue weighted by Crippen LogP contribution is 2.26. The highest BCUT2D eigenvalue weighted by molar-refractivity contribution is 9.10. The van der Waals surface area contributed by atoms with E-state index in [0.717, 1.165) is 32.5 Å². The highest BCUT2D eigenvalue weighted by atomic mass is 79.9. The molecule has 0 aromatic heterocycles. The number of urea groups is 1. The number of aryl methyl sites for hydroxylation is 2. The summed E-state index contributed by atoms with van der Waals surface area (Å²) in [6.07, 6.45) is 2.27. The SMILES string of the molecule is Cc1ccc(N2C(=O)NC(=O)/C(=C\c3ccc(Cc4ccccc4Br)cc3)C2=O)c(C)c1. The average molecular weight is 489 g/mol. The molecule has 0 saturated carbocycles. The first kappa shape index (κ1) is 21.7. The molecule has 3 aromatic rings. The van der Waals surface area contributed by atoms with E-state index in [1.807, 2.05) is 68.4 Å². The van der Waals surface area contributed by atoms with Crippen LogP contribution in [0, 0.1) is 13.8 Å². The van der Waals surface area contributed by atoms with Crippen molar-refractivity contribution < 1.29 is 14.4 Å². The molecule has 0 radical (unpaired) electrons. The van der Waals surface area contributed by atoms with Crippen molar-refractivity contribution in [3.05, 3.63) is 105 Å². The third-order valence-electron chi connectivity index (χ3n) is 5.34. The van der Waals surface area contributed by atoms with E-state index in [0.29, 0.717) is 11.3 Å². The molecule has 0 atom stereocenters. The zero-order valence-electron chi connectivity index (χ0n) is 17.7. The molecule has 4 rings (SSSR count). The molecule has 0 aliphatic carbocycles. The standard InChI is InChI=1S/C26H21BrN2O3/c1-16-7-12-23(17(2)13-16)29-25(31)21(24(30)28-26(29)32)15-19-10-8-18(9-11-19)14-20-5-3-4-6-22(20)27/h3-13,15H,14H2,1-2H3,(H,28,30,32)/b21-15+. The number of halogens is 1. The molecule has 1 heterocycles. The Labute approximate surface area is 194 Å². The van der Waals surface area contributed by atoms with Gasteiger partial charge < -0.3 is 0 Å². The molecular weight excluding hydrogens is 468 g/mol. The van der Waals surface area contributed by atoms with Gasteiger partial charge in [0.1, 0.15) is 5.57 Å². The molecule has 5 nitrogen and oxygen atoms in total. The van der Waals surface area contributed by atoms with Crippen LogP contribution in [-0.4, -0.2) is 17.8 Å². The van der Waals surface area contributed by atoms with Crippen molar-refractivity contribution in [2.75, 3.05) is 4.90 Å². The summed E-state index contributed by atoms with van der Waals surface area (Å²) in [5, 5.41) is 2.27. The highest BCUT2D eigenvalue weighted by Gasteiger charge is 2.37. The smallest absolute Gasteiger partial charge is 0.273 e. The Bertz CT molecular complexity index is 1260. The third-order valence-corrected chi connectivity index (χ3v) is 6.11. The van der Waals surface area contributed by atoms with Gasteiger partial charge in [-0.15, -0.1) is 0 Å². The van der Waals surface area contributed by atoms with Crippen LogP contribution < -0.4 is 10.2 Å². The molecule has 1 saturated heterocycles. The molecule has 1 fully saturated rings. The van der Waals surface area contributed by atoms with Crippen molar-refractivity contribution in [2.45, 2.75) is 20.3 Å². The number of nitrogens with one attached hydrogen (secondary N) is 1. The van der Waals surface area contributed by atoms with E-state index in [1.165, 1.54) is 11.6 Å². The lowest BCUT2D eigenvalue weighted by Crippen LogP contribution is -2.54. The largest absolute Gasteiger partial charge is 0.335 e. The Morgan fingerprint density at radius 1 is 0.938 bits per heavy atom. The van der Waals surface area contributed by atoms with Gasteiger partial charge in [0.15, 0.2) is 0 Å². The molecule has 1 aliphatic rings. The van der Waals surface area contributed by atoms with E-state index in [-0.39, 0.29) is 5.57 Å². The van der Waals surface area contributed by atoms with Gasteiger partial charge in [-0.3, -0.25) is 14.9 Å². The van der Waals surface area contributed by atoms with E-state index in [4.69, 9.17) is 0 Å². The van der Waals surface area contributed by atoms with Gasteiger partial charge in [-0.05, 0) is 60.7 Å². The fraction of sp³-hybridized carbons (Fsp3) is 0.115. The Hall–Kier alpha value is -3.51. The zero-order chi connectivity index (χ0) is 22.8. The first-order chi connectivity index (χ1) is 15.3. The maximum absolute atomic E-state index is 13.1. The van der Waals surface area contributed by atoms with E-state index >= 15 is 0 Å². The van der Waals surface area contributed by atoms with Gasteiger partial charge in [0.05, 0.1) is 5.69 Å². The monoisotopic (exact) mass is 488 g/mol. The van der Waals surface area contributed by atoms with Crippen LogP contribution in [0.5, 0.6) is 0 Å². The molecule has 1 aliphatic heterocycles. The second-order valence-electron chi connectivity index (χ2n) is 7.76. The fourth-order valence-electron chi connectivity index (χ4n) is 3.69. The van der Waals surface area contributed by atoms with Crippen molar-refractivity contribution in [3.8, 4) is 0 Å². The van der Waals surface area contributed by atoms with Crippen molar-refractivity contribution in [2.24, 2.45) is 0 Å². The topological polar surface area (TPSA) is 66.5 Å². The molecule has 32 heavy (non-hydrogen) atoms. The maximum atomic E-state index is 13.1. The minimum atomic E-state index is -0.743. The minimum Gasteiger partial charge on any atom is -0.273 e. The number of imide groups is 2. The Kier molecular flexibility index (Phi) is 6.06. The van der Waals surface area contributed by atoms with E-state index < -0.39 is 17.8 Å². The predicted molar refractivity (Wildman–Crippen MR) is 128 cm³/mol. The first-order valence-electron chi connectivity index (χ1n) is 10.1. The number of rotatable bonds is 4. The summed E-state index contributed by atoms with van der Waals surface area (Å²) in [4.78, 5) is 39.0. The Morgan fingerprint density at radius 3 is 2.34 bits per heavy atom. The number of carbonyl (C=O) groups excluding carboxylic acids is 3. The van der Waals surface area contributed by atoms with Crippen molar-refractivity contribution in [3.63, 3.8) is 0 Å². The normalized spacial score (nSPS) is 15.3. The van der Waals surface area contributed by atoms with Crippen LogP contribution in [0.3, 0.4) is 0 Å². The second-order valence-corrected chi connectivity index (χ2v) is 8.61. The van der Waals surface area contributed by atoms with Crippen LogP contribution in [-0.2, 0) is 16.0 Å². The van der Waals surface area contributed by atoms with Crippen LogP contribution in [0.2, 0.25) is 0 Å². The van der Waals surface area contributed by atoms with Crippen molar-refractivity contribution in [1.82, 2.24) is 5.32 Å². The van der Waals surface area contributed by atoms with Crippen LogP contribution in [0.4, 0.5) is 10.5 Å². The van der Waals surface area contributed by atoms with E-state index in [9.17, 15) is 14.4 Å². The van der Waals surface area contributed by atoms with Gasteiger partial charge in [0, 0.05) is 4.47 Å². The number of amides is 4. The molecule has 160 valence electrons. The maximum Gasteiger partial charge on any atom is 0.335 e. The molecule has 0 bridgehead atoms. The van der Waals surface area contributed by atoms with Gasteiger partial charge in [0.2, 0.25) is 0 Å². The van der Waals surface area contributed by atoms with Crippen LogP contribution >= 0.6 is 15.9 Å². The summed E-state index contributed by atoms with van der Waals surface area (Å²) >= 11 is 3.56. The van der Waals surface area contributed by atoms with Crippen molar-refractivity contribution in [1.29, 1.82) is 0 Å². The van der Waals surface area contributed by atoms with Gasteiger partial charge in [-0.1, -0.05) is 76.1 Å². The van der Waals surface area contributed by atoms with Crippen molar-refractivity contribution >= 4 is 45.5 Å². The quantitative estimate of drug-likeness (QED) is 0.399.